The lowest BCUT2D eigenvalue weighted by molar-refractivity contribution is 0.0697. The smallest absolute Gasteiger partial charge is 0.337 e. The number of methoxy groups -OCH3 is 1. The van der Waals surface area contributed by atoms with Gasteiger partial charge in [0.2, 0.25) is 10.0 Å². The molecule has 1 fully saturated rings. The average molecular weight is 370 g/mol. The van der Waals surface area contributed by atoms with Crippen LogP contribution >= 0.6 is 0 Å². The quantitative estimate of drug-likeness (QED) is 0.649. The maximum Gasteiger partial charge on any atom is 0.337 e. The summed E-state index contributed by atoms with van der Waals surface area (Å²) in [6.45, 7) is 1.91. The summed E-state index contributed by atoms with van der Waals surface area (Å²) < 4.78 is 32.2. The number of rotatable bonds is 8. The third kappa shape index (κ3) is 5.42. The van der Waals surface area contributed by atoms with Crippen molar-refractivity contribution in [1.82, 2.24) is 4.72 Å². The number of anilines is 1. The van der Waals surface area contributed by atoms with Crippen molar-refractivity contribution in [3.8, 4) is 0 Å². The molecule has 0 unspecified atom stereocenters. The van der Waals surface area contributed by atoms with E-state index in [1.165, 1.54) is 31.7 Å². The van der Waals surface area contributed by atoms with Crippen LogP contribution in [0.15, 0.2) is 23.1 Å². The van der Waals surface area contributed by atoms with E-state index in [2.05, 4.69) is 10.0 Å². The molecule has 2 rings (SSSR count). The molecule has 1 aromatic rings. The first-order chi connectivity index (χ1) is 11.8. The molecule has 7 nitrogen and oxygen atoms in total. The Hall–Kier alpha value is -1.64. The molecule has 25 heavy (non-hydrogen) atoms. The summed E-state index contributed by atoms with van der Waals surface area (Å²) in [5, 5.41) is 12.7. The number of benzene rings is 1. The third-order valence-corrected chi connectivity index (χ3v) is 5.86. The van der Waals surface area contributed by atoms with E-state index in [-0.39, 0.29) is 23.1 Å². The Morgan fingerprint density at radius 1 is 1.32 bits per heavy atom. The lowest BCUT2D eigenvalue weighted by Crippen LogP contribution is -2.35. The number of ether oxygens (including phenoxy) is 1. The summed E-state index contributed by atoms with van der Waals surface area (Å²) in [4.78, 5) is 11.5. The molecule has 0 amide bonds. The van der Waals surface area contributed by atoms with Gasteiger partial charge < -0.3 is 15.2 Å². The Morgan fingerprint density at radius 3 is 2.60 bits per heavy atom. The molecular weight excluding hydrogens is 344 g/mol. The fourth-order valence-electron chi connectivity index (χ4n) is 3.08. The van der Waals surface area contributed by atoms with Gasteiger partial charge >= 0.3 is 5.97 Å². The van der Waals surface area contributed by atoms with Gasteiger partial charge in [0, 0.05) is 24.9 Å². The van der Waals surface area contributed by atoms with Crippen molar-refractivity contribution in [3.63, 3.8) is 0 Å². The van der Waals surface area contributed by atoms with Gasteiger partial charge in [-0.25, -0.2) is 17.9 Å². The lowest BCUT2D eigenvalue weighted by atomic mass is 9.95. The lowest BCUT2D eigenvalue weighted by Gasteiger charge is -2.25. The second-order valence-corrected chi connectivity index (χ2v) is 8.18. The van der Waals surface area contributed by atoms with Crippen LogP contribution in [-0.4, -0.2) is 45.3 Å². The molecule has 0 aliphatic heterocycles. The Morgan fingerprint density at radius 2 is 2.00 bits per heavy atom. The Labute approximate surface area is 148 Å². The van der Waals surface area contributed by atoms with Crippen LogP contribution in [0.3, 0.4) is 0 Å². The minimum atomic E-state index is -3.81. The van der Waals surface area contributed by atoms with E-state index in [9.17, 15) is 18.3 Å². The molecule has 1 atom stereocenters. The normalized spacial score (nSPS) is 17.2. The molecular formula is C17H26N2O5S. The van der Waals surface area contributed by atoms with Gasteiger partial charge in [0.15, 0.2) is 0 Å². The molecule has 0 spiro atoms. The van der Waals surface area contributed by atoms with Gasteiger partial charge in [-0.15, -0.1) is 0 Å². The van der Waals surface area contributed by atoms with E-state index in [4.69, 9.17) is 4.74 Å². The summed E-state index contributed by atoms with van der Waals surface area (Å²) in [6.07, 6.45) is 5.43. The zero-order chi connectivity index (χ0) is 18.4. The van der Waals surface area contributed by atoms with Crippen molar-refractivity contribution in [1.29, 1.82) is 0 Å². The topological polar surface area (TPSA) is 105 Å². The number of carboxylic acids is 1. The van der Waals surface area contributed by atoms with Crippen molar-refractivity contribution in [2.24, 2.45) is 0 Å². The van der Waals surface area contributed by atoms with Gasteiger partial charge in [-0.3, -0.25) is 0 Å². The summed E-state index contributed by atoms with van der Waals surface area (Å²) >= 11 is 0. The maximum absolute atomic E-state index is 12.4. The van der Waals surface area contributed by atoms with Crippen LogP contribution in [0.1, 0.15) is 49.4 Å². The van der Waals surface area contributed by atoms with Crippen LogP contribution in [0.5, 0.6) is 0 Å². The largest absolute Gasteiger partial charge is 0.478 e. The average Bonchev–Trinajstić information content (AvgIpc) is 2.55. The van der Waals surface area contributed by atoms with E-state index in [0.717, 1.165) is 25.7 Å². The summed E-state index contributed by atoms with van der Waals surface area (Å²) in [6, 6.07) is 3.99. The van der Waals surface area contributed by atoms with Crippen molar-refractivity contribution in [2.75, 3.05) is 19.0 Å². The van der Waals surface area contributed by atoms with Crippen LogP contribution in [0.25, 0.3) is 0 Å². The molecule has 1 saturated carbocycles. The first-order valence-corrected chi connectivity index (χ1v) is 9.97. The SMILES string of the molecule is COC[C@@H](C)NS(=O)(=O)c1ccc(NC2CCCCC2)c(C(=O)O)c1. The highest BCUT2D eigenvalue weighted by Gasteiger charge is 2.22. The van der Waals surface area contributed by atoms with Crippen LogP contribution in [0.2, 0.25) is 0 Å². The molecule has 0 heterocycles. The first kappa shape index (κ1) is 19.7. The Bertz CT molecular complexity index is 699. The highest BCUT2D eigenvalue weighted by molar-refractivity contribution is 7.89. The van der Waals surface area contributed by atoms with Crippen LogP contribution in [0, 0.1) is 0 Å². The summed E-state index contributed by atoms with van der Waals surface area (Å²) in [5.74, 6) is -1.15. The number of carboxylic acid groups (broad SMARTS) is 1. The molecule has 8 heteroatoms. The van der Waals surface area contributed by atoms with Crippen molar-refractivity contribution in [2.45, 2.75) is 56.0 Å². The molecule has 1 aromatic carbocycles. The number of sulfonamides is 1. The van der Waals surface area contributed by atoms with Crippen molar-refractivity contribution >= 4 is 21.7 Å². The highest BCUT2D eigenvalue weighted by Crippen LogP contribution is 2.26. The highest BCUT2D eigenvalue weighted by atomic mass is 32.2. The number of hydrogen-bond donors (Lipinski definition) is 3. The first-order valence-electron chi connectivity index (χ1n) is 8.48. The monoisotopic (exact) mass is 370 g/mol. The van der Waals surface area contributed by atoms with E-state index in [1.807, 2.05) is 0 Å². The van der Waals surface area contributed by atoms with Gasteiger partial charge in [0.05, 0.1) is 17.1 Å². The number of hydrogen-bond acceptors (Lipinski definition) is 5. The van der Waals surface area contributed by atoms with Crippen LogP contribution in [0.4, 0.5) is 5.69 Å². The molecule has 1 aliphatic carbocycles. The van der Waals surface area contributed by atoms with Gasteiger partial charge in [-0.1, -0.05) is 19.3 Å². The number of aromatic carboxylic acids is 1. The fraction of sp³-hybridized carbons (Fsp3) is 0.588. The van der Waals surface area contributed by atoms with Gasteiger partial charge in [-0.2, -0.15) is 0 Å². The predicted molar refractivity (Wildman–Crippen MR) is 95.6 cm³/mol. The zero-order valence-electron chi connectivity index (χ0n) is 14.6. The number of carbonyl (C=O) groups is 1. The molecule has 0 aromatic heterocycles. The van der Waals surface area contributed by atoms with Crippen molar-refractivity contribution < 1.29 is 23.1 Å². The van der Waals surface area contributed by atoms with Gasteiger partial charge in [0.1, 0.15) is 0 Å². The van der Waals surface area contributed by atoms with Gasteiger partial charge in [0.25, 0.3) is 0 Å². The fourth-order valence-corrected chi connectivity index (χ4v) is 4.33. The second-order valence-electron chi connectivity index (χ2n) is 6.47. The second kappa shape index (κ2) is 8.64. The third-order valence-electron chi connectivity index (χ3n) is 4.27. The maximum atomic E-state index is 12.4. The number of nitrogens with one attached hydrogen (secondary N) is 2. The van der Waals surface area contributed by atoms with Crippen LogP contribution < -0.4 is 10.0 Å². The Kier molecular flexibility index (Phi) is 6.80. The molecule has 0 bridgehead atoms. The molecule has 3 N–H and O–H groups in total. The Balaban J connectivity index is 2.23. The van der Waals surface area contributed by atoms with E-state index in [0.29, 0.717) is 5.69 Å². The van der Waals surface area contributed by atoms with E-state index in [1.54, 1.807) is 6.92 Å². The minimum absolute atomic E-state index is 0.0344. The molecule has 0 radical (unpaired) electrons. The van der Waals surface area contributed by atoms with E-state index < -0.39 is 22.0 Å². The zero-order valence-corrected chi connectivity index (χ0v) is 15.4. The standard InChI is InChI=1S/C17H26N2O5S/c1-12(11-24-2)19-25(22,23)14-8-9-16(15(10-14)17(20)21)18-13-6-4-3-5-7-13/h8-10,12-13,18-19H,3-7,11H2,1-2H3,(H,20,21)/t12-/m1/s1. The summed E-state index contributed by atoms with van der Waals surface area (Å²) in [7, 11) is -2.32. The summed E-state index contributed by atoms with van der Waals surface area (Å²) in [5.41, 5.74) is 0.427. The molecule has 0 saturated heterocycles. The van der Waals surface area contributed by atoms with Crippen LogP contribution in [-0.2, 0) is 14.8 Å². The molecule has 140 valence electrons. The minimum Gasteiger partial charge on any atom is -0.478 e. The van der Waals surface area contributed by atoms with Crippen molar-refractivity contribution in [3.05, 3.63) is 23.8 Å². The predicted octanol–water partition coefficient (Wildman–Crippen LogP) is 2.44. The molecule has 1 aliphatic rings. The van der Waals surface area contributed by atoms with E-state index >= 15 is 0 Å². The van der Waals surface area contributed by atoms with Gasteiger partial charge in [-0.05, 0) is 38.0 Å².